The van der Waals surface area contributed by atoms with E-state index in [4.69, 9.17) is 9.72 Å². The quantitative estimate of drug-likeness (QED) is 0.530. The first-order valence-corrected chi connectivity index (χ1v) is 10.6. The van der Waals surface area contributed by atoms with Crippen LogP contribution in [0.4, 0.5) is 15.9 Å². The summed E-state index contributed by atoms with van der Waals surface area (Å²) in [6, 6.07) is 5.96. The SMILES string of the molecule is CO[C@@H](C)[C@H]1C(=O)Nc2c(C)nc(CCc3cnn(Cc4ccc(F)cc4)c3)nc2N1C.S.S. The lowest BCUT2D eigenvalue weighted by Crippen LogP contribution is -2.53. The van der Waals surface area contributed by atoms with Crippen molar-refractivity contribution in [3.63, 3.8) is 0 Å². The molecule has 0 aliphatic carbocycles. The smallest absolute Gasteiger partial charge is 0.249 e. The third-order valence-electron chi connectivity index (χ3n) is 5.78. The summed E-state index contributed by atoms with van der Waals surface area (Å²) in [5.74, 6) is 1.04. The number of aromatic nitrogens is 4. The Hall–Kier alpha value is -2.63. The molecule has 2 aromatic heterocycles. The van der Waals surface area contributed by atoms with Crippen LogP contribution in [-0.4, -0.2) is 52.0 Å². The second-order valence-corrected chi connectivity index (χ2v) is 8.08. The molecule has 1 aliphatic heterocycles. The molecule has 1 aromatic carbocycles. The van der Waals surface area contributed by atoms with Crippen LogP contribution in [0.5, 0.6) is 0 Å². The number of nitrogens with zero attached hydrogens (tertiary/aromatic N) is 5. The maximum atomic E-state index is 13.1. The molecule has 0 saturated carbocycles. The van der Waals surface area contributed by atoms with Gasteiger partial charge < -0.3 is 15.0 Å². The summed E-state index contributed by atoms with van der Waals surface area (Å²) >= 11 is 0. The standard InChI is InChI=1S/C23H27FN6O2.2H2S/c1-14-20-22(29(3)21(15(2)32-4)23(31)28-20)27-19(26-14)10-7-17-11-25-30(13-17)12-16-5-8-18(24)9-6-16;;/h5-6,8-9,11,13,15,21H,7,10,12H2,1-4H3,(H,28,31);2*1H2/t15-,21-;;/m0../s1. The third-order valence-corrected chi connectivity index (χ3v) is 5.78. The Balaban J connectivity index is 0.00000204. The van der Waals surface area contributed by atoms with Crippen LogP contribution in [-0.2, 0) is 28.9 Å². The summed E-state index contributed by atoms with van der Waals surface area (Å²) in [5.41, 5.74) is 3.44. The van der Waals surface area contributed by atoms with E-state index in [0.717, 1.165) is 23.2 Å². The van der Waals surface area contributed by atoms with Crippen molar-refractivity contribution < 1.29 is 13.9 Å². The van der Waals surface area contributed by atoms with Gasteiger partial charge >= 0.3 is 0 Å². The number of amides is 1. The summed E-state index contributed by atoms with van der Waals surface area (Å²) in [6.45, 7) is 4.32. The van der Waals surface area contributed by atoms with E-state index >= 15 is 0 Å². The fourth-order valence-electron chi connectivity index (χ4n) is 3.94. The number of halogens is 1. The Kier molecular flexibility index (Phi) is 9.48. The number of methoxy groups -OCH3 is 1. The minimum absolute atomic E-state index is 0. The molecule has 0 saturated heterocycles. The van der Waals surface area contributed by atoms with Crippen molar-refractivity contribution in [1.29, 1.82) is 0 Å². The number of fused-ring (bicyclic) bond motifs is 1. The monoisotopic (exact) mass is 506 g/mol. The Bertz CT molecular complexity index is 1130. The topological polar surface area (TPSA) is 85.2 Å². The van der Waals surface area contributed by atoms with Gasteiger partial charge in [0.1, 0.15) is 23.4 Å². The van der Waals surface area contributed by atoms with E-state index in [1.807, 2.05) is 42.9 Å². The number of likely N-dealkylation sites (N-methyl/N-ethyl adjacent to an activating group) is 1. The van der Waals surface area contributed by atoms with Crippen LogP contribution in [0.2, 0.25) is 0 Å². The summed E-state index contributed by atoms with van der Waals surface area (Å²) in [7, 11) is 3.45. The summed E-state index contributed by atoms with van der Waals surface area (Å²) < 4.78 is 20.3. The van der Waals surface area contributed by atoms with Gasteiger partial charge in [0.2, 0.25) is 5.91 Å². The highest BCUT2D eigenvalue weighted by atomic mass is 32.1. The van der Waals surface area contributed by atoms with Gasteiger partial charge in [-0.2, -0.15) is 32.1 Å². The van der Waals surface area contributed by atoms with Crippen molar-refractivity contribution in [2.24, 2.45) is 0 Å². The van der Waals surface area contributed by atoms with Crippen LogP contribution in [0, 0.1) is 12.7 Å². The normalized spacial score (nSPS) is 15.6. The number of carbonyl (C=O) groups excluding carboxylic acids is 1. The molecule has 3 heterocycles. The van der Waals surface area contributed by atoms with E-state index in [1.54, 1.807) is 19.2 Å². The van der Waals surface area contributed by atoms with Crippen molar-refractivity contribution in [2.75, 3.05) is 24.4 Å². The molecule has 1 amide bonds. The van der Waals surface area contributed by atoms with Gasteiger partial charge in [-0.05, 0) is 43.5 Å². The number of benzene rings is 1. The largest absolute Gasteiger partial charge is 0.379 e. The molecule has 0 spiro atoms. The number of anilines is 2. The molecular formula is C23H31FN6O2S2. The number of rotatable bonds is 7. The Morgan fingerprint density at radius 1 is 1.15 bits per heavy atom. The molecule has 184 valence electrons. The highest BCUT2D eigenvalue weighted by Crippen LogP contribution is 2.32. The predicted molar refractivity (Wildman–Crippen MR) is 140 cm³/mol. The molecule has 11 heteroatoms. The van der Waals surface area contributed by atoms with Crippen LogP contribution in [0.3, 0.4) is 0 Å². The van der Waals surface area contributed by atoms with E-state index in [0.29, 0.717) is 30.3 Å². The number of ether oxygens (including phenoxy) is 1. The van der Waals surface area contributed by atoms with Gasteiger partial charge in [-0.3, -0.25) is 9.48 Å². The van der Waals surface area contributed by atoms with Gasteiger partial charge in [0, 0.05) is 26.8 Å². The maximum Gasteiger partial charge on any atom is 0.249 e. The molecule has 0 radical (unpaired) electrons. The minimum atomic E-state index is -0.459. The molecule has 1 aliphatic rings. The van der Waals surface area contributed by atoms with Crippen LogP contribution >= 0.6 is 27.0 Å². The van der Waals surface area contributed by atoms with E-state index in [-0.39, 0.29) is 44.8 Å². The molecule has 0 unspecified atom stereocenters. The van der Waals surface area contributed by atoms with Crippen molar-refractivity contribution >= 4 is 44.4 Å². The van der Waals surface area contributed by atoms with Crippen LogP contribution in [0.1, 0.15) is 29.6 Å². The second-order valence-electron chi connectivity index (χ2n) is 8.08. The lowest BCUT2D eigenvalue weighted by molar-refractivity contribution is -0.120. The minimum Gasteiger partial charge on any atom is -0.379 e. The number of aryl methyl sites for hydroxylation is 3. The Labute approximate surface area is 212 Å². The highest BCUT2D eigenvalue weighted by Gasteiger charge is 2.37. The van der Waals surface area contributed by atoms with Gasteiger partial charge in [-0.1, -0.05) is 12.1 Å². The molecular weight excluding hydrogens is 475 g/mol. The van der Waals surface area contributed by atoms with Gasteiger partial charge in [-0.25, -0.2) is 14.4 Å². The summed E-state index contributed by atoms with van der Waals surface area (Å²) in [5, 5.41) is 7.34. The molecule has 2 atom stereocenters. The van der Waals surface area contributed by atoms with Crippen molar-refractivity contribution in [3.05, 3.63) is 65.1 Å². The zero-order valence-electron chi connectivity index (χ0n) is 19.7. The first-order chi connectivity index (χ1) is 15.4. The zero-order valence-corrected chi connectivity index (χ0v) is 21.7. The second kappa shape index (κ2) is 11.7. The molecule has 0 bridgehead atoms. The van der Waals surface area contributed by atoms with Gasteiger partial charge in [0.25, 0.3) is 0 Å². The van der Waals surface area contributed by atoms with Crippen LogP contribution in [0.15, 0.2) is 36.7 Å². The van der Waals surface area contributed by atoms with Gasteiger partial charge in [0.15, 0.2) is 5.82 Å². The molecule has 4 rings (SSSR count). The van der Waals surface area contributed by atoms with Gasteiger partial charge in [-0.15, -0.1) is 0 Å². The van der Waals surface area contributed by atoms with Crippen molar-refractivity contribution in [2.45, 2.75) is 45.4 Å². The lowest BCUT2D eigenvalue weighted by Gasteiger charge is -2.37. The van der Waals surface area contributed by atoms with Crippen LogP contribution < -0.4 is 10.2 Å². The van der Waals surface area contributed by atoms with E-state index in [1.165, 1.54) is 12.1 Å². The third kappa shape index (κ3) is 5.89. The fourth-order valence-corrected chi connectivity index (χ4v) is 3.94. The summed E-state index contributed by atoms with van der Waals surface area (Å²) in [4.78, 5) is 23.7. The number of carbonyl (C=O) groups is 1. The Morgan fingerprint density at radius 3 is 2.53 bits per heavy atom. The first-order valence-electron chi connectivity index (χ1n) is 10.6. The average Bonchev–Trinajstić information content (AvgIpc) is 3.22. The van der Waals surface area contributed by atoms with E-state index in [9.17, 15) is 9.18 Å². The zero-order chi connectivity index (χ0) is 22.8. The highest BCUT2D eigenvalue weighted by molar-refractivity contribution is 7.59. The van der Waals surface area contributed by atoms with Gasteiger partial charge in [0.05, 0.1) is 24.5 Å². The first kappa shape index (κ1) is 27.6. The number of nitrogens with one attached hydrogen (secondary N) is 1. The molecule has 0 fully saturated rings. The fraction of sp³-hybridized carbons (Fsp3) is 0.391. The number of hydrogen-bond donors (Lipinski definition) is 1. The summed E-state index contributed by atoms with van der Waals surface area (Å²) in [6.07, 6.45) is 4.91. The van der Waals surface area contributed by atoms with Crippen molar-refractivity contribution in [3.8, 4) is 0 Å². The predicted octanol–water partition coefficient (Wildman–Crippen LogP) is 2.97. The number of hydrogen-bond acceptors (Lipinski definition) is 6. The average molecular weight is 507 g/mol. The van der Waals surface area contributed by atoms with Crippen LogP contribution in [0.25, 0.3) is 0 Å². The van der Waals surface area contributed by atoms with E-state index < -0.39 is 6.04 Å². The molecule has 8 nitrogen and oxygen atoms in total. The van der Waals surface area contributed by atoms with E-state index in [2.05, 4.69) is 15.4 Å². The maximum absolute atomic E-state index is 13.1. The Morgan fingerprint density at radius 2 is 1.85 bits per heavy atom. The van der Waals surface area contributed by atoms with Crippen molar-refractivity contribution in [1.82, 2.24) is 19.7 Å². The molecule has 34 heavy (non-hydrogen) atoms. The lowest BCUT2D eigenvalue weighted by atomic mass is 10.1. The molecule has 1 N–H and O–H groups in total. The molecule has 3 aromatic rings.